The van der Waals surface area contributed by atoms with Crippen molar-refractivity contribution in [2.45, 2.75) is 46.3 Å². The van der Waals surface area contributed by atoms with Gasteiger partial charge in [-0.1, -0.05) is 24.3 Å². The molecule has 0 bridgehead atoms. The molecule has 0 aromatic heterocycles. The first-order valence-corrected chi connectivity index (χ1v) is 9.02. The lowest BCUT2D eigenvalue weighted by molar-refractivity contribution is -0.0174. The molecule has 1 aliphatic rings. The number of aliphatic imine (C=N–C) groups is 1. The first-order chi connectivity index (χ1) is 11.6. The highest BCUT2D eigenvalue weighted by Gasteiger charge is 2.23. The fourth-order valence-electron chi connectivity index (χ4n) is 3.05. The van der Waals surface area contributed by atoms with Gasteiger partial charge < -0.3 is 15.4 Å². The Labute approximate surface area is 146 Å². The molecule has 5 nitrogen and oxygen atoms in total. The van der Waals surface area contributed by atoms with E-state index in [0.29, 0.717) is 18.6 Å². The number of nitrogens with one attached hydrogen (secondary N) is 2. The quantitative estimate of drug-likeness (QED) is 0.619. The van der Waals surface area contributed by atoms with Gasteiger partial charge in [0.05, 0.1) is 19.8 Å². The molecular formula is C19H32N4O. The third kappa shape index (κ3) is 5.49. The van der Waals surface area contributed by atoms with Crippen LogP contribution in [0.5, 0.6) is 0 Å². The largest absolute Gasteiger partial charge is 0.379 e. The van der Waals surface area contributed by atoms with Gasteiger partial charge in [0.15, 0.2) is 5.96 Å². The smallest absolute Gasteiger partial charge is 0.191 e. The van der Waals surface area contributed by atoms with Crippen molar-refractivity contribution in [1.29, 1.82) is 0 Å². The van der Waals surface area contributed by atoms with Gasteiger partial charge in [0.25, 0.3) is 0 Å². The van der Waals surface area contributed by atoms with Crippen LogP contribution in [0.3, 0.4) is 0 Å². The minimum absolute atomic E-state index is 0.450. The van der Waals surface area contributed by atoms with Crippen LogP contribution in [0, 0.1) is 6.92 Å². The van der Waals surface area contributed by atoms with Crippen LogP contribution in [0.2, 0.25) is 0 Å². The summed E-state index contributed by atoms with van der Waals surface area (Å²) in [6, 6.07) is 9.33. The number of ether oxygens (including phenoxy) is 1. The van der Waals surface area contributed by atoms with E-state index in [1.54, 1.807) is 0 Å². The average molecular weight is 332 g/mol. The topological polar surface area (TPSA) is 48.9 Å². The van der Waals surface area contributed by atoms with E-state index in [2.05, 4.69) is 67.5 Å². The highest BCUT2D eigenvalue weighted by molar-refractivity contribution is 5.79. The molecular weight excluding hydrogens is 300 g/mol. The van der Waals surface area contributed by atoms with Gasteiger partial charge >= 0.3 is 0 Å². The Morgan fingerprint density at radius 3 is 2.88 bits per heavy atom. The number of aryl methyl sites for hydroxylation is 1. The Balaban J connectivity index is 1.90. The Morgan fingerprint density at radius 1 is 1.38 bits per heavy atom. The number of nitrogens with zero attached hydrogens (tertiary/aromatic N) is 2. The van der Waals surface area contributed by atoms with Crippen LogP contribution in [-0.2, 0) is 11.3 Å². The molecule has 5 heteroatoms. The molecule has 0 saturated carbocycles. The summed E-state index contributed by atoms with van der Waals surface area (Å²) in [5, 5.41) is 6.82. The lowest BCUT2D eigenvalue weighted by Gasteiger charge is -2.38. The highest BCUT2D eigenvalue weighted by atomic mass is 16.5. The van der Waals surface area contributed by atoms with Gasteiger partial charge in [-0.25, -0.2) is 4.99 Å². The van der Waals surface area contributed by atoms with Crippen molar-refractivity contribution in [3.63, 3.8) is 0 Å². The Hall–Kier alpha value is -1.59. The second-order valence-electron chi connectivity index (χ2n) is 6.51. The summed E-state index contributed by atoms with van der Waals surface area (Å²) >= 11 is 0. The van der Waals surface area contributed by atoms with E-state index in [9.17, 15) is 0 Å². The predicted molar refractivity (Wildman–Crippen MR) is 100 cm³/mol. The zero-order valence-electron chi connectivity index (χ0n) is 15.5. The van der Waals surface area contributed by atoms with Crippen molar-refractivity contribution in [1.82, 2.24) is 15.5 Å². The summed E-state index contributed by atoms with van der Waals surface area (Å²) in [6.45, 7) is 13.8. The molecule has 2 atom stereocenters. The lowest BCUT2D eigenvalue weighted by atomic mass is 10.1. The van der Waals surface area contributed by atoms with Gasteiger partial charge in [-0.15, -0.1) is 0 Å². The zero-order valence-corrected chi connectivity index (χ0v) is 15.5. The number of morpholine rings is 1. The first kappa shape index (κ1) is 18.7. The number of hydrogen-bond acceptors (Lipinski definition) is 3. The van der Waals surface area contributed by atoms with Crippen molar-refractivity contribution >= 4 is 5.96 Å². The van der Waals surface area contributed by atoms with Gasteiger partial charge in [-0.05, 0) is 38.8 Å². The zero-order chi connectivity index (χ0) is 17.4. The second-order valence-corrected chi connectivity index (χ2v) is 6.51. The summed E-state index contributed by atoms with van der Waals surface area (Å²) in [5.74, 6) is 0.883. The fraction of sp³-hybridized carbons (Fsp3) is 0.632. The van der Waals surface area contributed by atoms with E-state index in [4.69, 9.17) is 9.73 Å². The molecule has 1 fully saturated rings. The van der Waals surface area contributed by atoms with Gasteiger partial charge in [-0.2, -0.15) is 0 Å². The summed E-state index contributed by atoms with van der Waals surface area (Å²) in [4.78, 5) is 7.23. The number of guanidine groups is 1. The molecule has 0 aliphatic carbocycles. The molecule has 0 spiro atoms. The Morgan fingerprint density at radius 2 is 2.17 bits per heavy atom. The fourth-order valence-corrected chi connectivity index (χ4v) is 3.05. The second kappa shape index (κ2) is 9.64. The van der Waals surface area contributed by atoms with Gasteiger partial charge in [0.1, 0.15) is 0 Å². The molecule has 1 aromatic rings. The van der Waals surface area contributed by atoms with E-state index >= 15 is 0 Å². The van der Waals surface area contributed by atoms with Crippen LogP contribution in [0.25, 0.3) is 0 Å². The van der Waals surface area contributed by atoms with Crippen molar-refractivity contribution < 1.29 is 4.74 Å². The van der Waals surface area contributed by atoms with Crippen molar-refractivity contribution in [3.05, 3.63) is 35.4 Å². The van der Waals surface area contributed by atoms with Crippen molar-refractivity contribution in [2.75, 3.05) is 32.8 Å². The summed E-state index contributed by atoms with van der Waals surface area (Å²) in [7, 11) is 0. The molecule has 24 heavy (non-hydrogen) atoms. The van der Waals surface area contributed by atoms with E-state index in [0.717, 1.165) is 38.8 Å². The van der Waals surface area contributed by atoms with E-state index in [1.807, 2.05) is 0 Å². The molecule has 0 amide bonds. The maximum atomic E-state index is 5.53. The van der Waals surface area contributed by atoms with Crippen LogP contribution in [-0.4, -0.2) is 55.8 Å². The maximum Gasteiger partial charge on any atom is 0.191 e. The van der Waals surface area contributed by atoms with E-state index < -0.39 is 0 Å². The molecule has 1 heterocycles. The molecule has 1 aliphatic heterocycles. The summed E-state index contributed by atoms with van der Waals surface area (Å²) < 4.78 is 5.53. The molecule has 134 valence electrons. The number of hydrogen-bond donors (Lipinski definition) is 2. The first-order valence-electron chi connectivity index (χ1n) is 9.02. The van der Waals surface area contributed by atoms with Crippen molar-refractivity contribution in [2.24, 2.45) is 4.99 Å². The lowest BCUT2D eigenvalue weighted by Crippen LogP contribution is -2.53. The molecule has 1 saturated heterocycles. The van der Waals surface area contributed by atoms with E-state index in [1.165, 1.54) is 11.1 Å². The molecule has 2 unspecified atom stereocenters. The monoisotopic (exact) mass is 332 g/mol. The van der Waals surface area contributed by atoms with E-state index in [-0.39, 0.29) is 0 Å². The predicted octanol–water partition coefficient (Wildman–Crippen LogP) is 2.16. The highest BCUT2D eigenvalue weighted by Crippen LogP contribution is 2.10. The number of rotatable bonds is 6. The normalized spacial score (nSPS) is 20.7. The third-order valence-electron chi connectivity index (χ3n) is 4.56. The Kier molecular flexibility index (Phi) is 7.53. The minimum atomic E-state index is 0.450. The standard InChI is InChI=1S/C19H32N4O/c1-5-20-19(22-13-18-9-7-6-8-15(18)2)21-12-16(3)23-10-11-24-14-17(23)4/h6-9,16-17H,5,10-14H2,1-4H3,(H2,20,21,22). The molecule has 2 rings (SSSR count). The van der Waals surface area contributed by atoms with Gasteiger partial charge in [0, 0.05) is 31.7 Å². The maximum absolute atomic E-state index is 5.53. The Bertz CT molecular complexity index is 532. The van der Waals surface area contributed by atoms with Crippen LogP contribution >= 0.6 is 0 Å². The van der Waals surface area contributed by atoms with Gasteiger partial charge in [-0.3, -0.25) is 4.90 Å². The van der Waals surface area contributed by atoms with Crippen LogP contribution in [0.1, 0.15) is 31.9 Å². The van der Waals surface area contributed by atoms with Crippen LogP contribution in [0.15, 0.2) is 29.3 Å². The SMILES string of the molecule is CCNC(=NCc1ccccc1C)NCC(C)N1CCOCC1C. The van der Waals surface area contributed by atoms with Crippen LogP contribution in [0.4, 0.5) is 0 Å². The molecule has 2 N–H and O–H groups in total. The van der Waals surface area contributed by atoms with Crippen molar-refractivity contribution in [3.8, 4) is 0 Å². The summed E-state index contributed by atoms with van der Waals surface area (Å²) in [5.41, 5.74) is 2.55. The average Bonchev–Trinajstić information content (AvgIpc) is 2.58. The summed E-state index contributed by atoms with van der Waals surface area (Å²) in [6.07, 6.45) is 0. The van der Waals surface area contributed by atoms with Crippen LogP contribution < -0.4 is 10.6 Å². The molecule has 0 radical (unpaired) electrons. The minimum Gasteiger partial charge on any atom is -0.379 e. The third-order valence-corrected chi connectivity index (χ3v) is 4.56. The van der Waals surface area contributed by atoms with Gasteiger partial charge in [0.2, 0.25) is 0 Å². The molecule has 1 aromatic carbocycles. The number of benzene rings is 1.